The normalized spacial score (nSPS) is 12.4. The summed E-state index contributed by atoms with van der Waals surface area (Å²) in [6.07, 6.45) is 0. The second-order valence-corrected chi connectivity index (χ2v) is 7.60. The predicted molar refractivity (Wildman–Crippen MR) is 107 cm³/mol. The van der Waals surface area contributed by atoms with E-state index in [9.17, 15) is 0 Å². The number of nitrogens with one attached hydrogen (secondary N) is 1. The second-order valence-electron chi connectivity index (χ2n) is 6.22. The topological polar surface area (TPSA) is 72.8 Å². The van der Waals surface area contributed by atoms with E-state index in [4.69, 9.17) is 30.9 Å². The van der Waals surface area contributed by atoms with Gasteiger partial charge in [-0.05, 0) is 35.9 Å². The maximum atomic E-state index is 9.12. The fourth-order valence-corrected chi connectivity index (χ4v) is 3.74. The van der Waals surface area contributed by atoms with E-state index >= 15 is 0 Å². The molecule has 6 nitrogen and oxygen atoms in total. The zero-order valence-electron chi connectivity index (χ0n) is 15.0. The summed E-state index contributed by atoms with van der Waals surface area (Å²) in [6, 6.07) is 11.5. The molecule has 1 aliphatic heterocycles. The summed E-state index contributed by atoms with van der Waals surface area (Å²) in [6.45, 7) is 1.83. The van der Waals surface area contributed by atoms with Crippen LogP contribution >= 0.6 is 22.9 Å². The van der Waals surface area contributed by atoms with Crippen molar-refractivity contribution < 1.29 is 19.3 Å². The Morgan fingerprint density at radius 2 is 2.04 bits per heavy atom. The number of aliphatic hydroxyl groups excluding tert-OH is 1. The minimum Gasteiger partial charge on any atom is -0.486 e. The van der Waals surface area contributed by atoms with Gasteiger partial charge in [0, 0.05) is 29.1 Å². The quantitative estimate of drug-likeness (QED) is 0.578. The highest BCUT2D eigenvalue weighted by Gasteiger charge is 2.13. The van der Waals surface area contributed by atoms with Gasteiger partial charge < -0.3 is 24.6 Å². The molecule has 2 aromatic carbocycles. The minimum atomic E-state index is -0.0630. The maximum absolute atomic E-state index is 9.12. The number of halogens is 1. The van der Waals surface area contributed by atoms with Gasteiger partial charge in [0.05, 0.1) is 12.3 Å². The van der Waals surface area contributed by atoms with Crippen LogP contribution in [0.2, 0.25) is 5.02 Å². The number of aromatic nitrogens is 1. The van der Waals surface area contributed by atoms with Crippen molar-refractivity contribution in [3.63, 3.8) is 0 Å². The van der Waals surface area contributed by atoms with Gasteiger partial charge in [0.2, 0.25) is 6.79 Å². The van der Waals surface area contributed by atoms with E-state index in [0.29, 0.717) is 30.4 Å². The van der Waals surface area contributed by atoms with Crippen LogP contribution in [0.15, 0.2) is 41.8 Å². The third kappa shape index (κ3) is 4.56. The molecule has 28 heavy (non-hydrogen) atoms. The van der Waals surface area contributed by atoms with Crippen molar-refractivity contribution in [1.82, 2.24) is 10.3 Å². The molecule has 2 heterocycles. The van der Waals surface area contributed by atoms with Crippen LogP contribution in [0, 0.1) is 0 Å². The monoisotopic (exact) mass is 418 g/mol. The largest absolute Gasteiger partial charge is 0.486 e. The third-order valence-electron chi connectivity index (χ3n) is 4.22. The molecule has 1 aromatic heterocycles. The maximum Gasteiger partial charge on any atom is 0.231 e. The van der Waals surface area contributed by atoms with E-state index in [0.717, 1.165) is 33.4 Å². The molecule has 2 N–H and O–H groups in total. The van der Waals surface area contributed by atoms with E-state index in [2.05, 4.69) is 10.3 Å². The number of hydrogen-bond donors (Lipinski definition) is 2. The molecule has 0 radical (unpaired) electrons. The van der Waals surface area contributed by atoms with Crippen molar-refractivity contribution >= 4 is 22.9 Å². The van der Waals surface area contributed by atoms with Crippen LogP contribution in [-0.2, 0) is 26.3 Å². The van der Waals surface area contributed by atoms with E-state index in [1.807, 2.05) is 35.7 Å². The molecule has 0 unspecified atom stereocenters. The Morgan fingerprint density at radius 1 is 1.14 bits per heavy atom. The average Bonchev–Trinajstić information content (AvgIpc) is 3.36. The van der Waals surface area contributed by atoms with Gasteiger partial charge in [-0.15, -0.1) is 11.3 Å². The van der Waals surface area contributed by atoms with E-state index < -0.39 is 0 Å². The molecule has 4 rings (SSSR count). The Balaban J connectivity index is 1.37. The van der Waals surface area contributed by atoms with Gasteiger partial charge in [-0.2, -0.15) is 0 Å². The summed E-state index contributed by atoms with van der Waals surface area (Å²) in [5, 5.41) is 15.8. The molecule has 0 saturated heterocycles. The number of benzene rings is 2. The van der Waals surface area contributed by atoms with Gasteiger partial charge in [-0.25, -0.2) is 4.98 Å². The number of rotatable bonds is 8. The molecule has 8 heteroatoms. The van der Waals surface area contributed by atoms with Crippen molar-refractivity contribution in [3.8, 4) is 17.2 Å². The second kappa shape index (κ2) is 8.79. The highest BCUT2D eigenvalue weighted by molar-refractivity contribution is 7.09. The van der Waals surface area contributed by atoms with E-state index in [1.165, 1.54) is 11.3 Å². The molecule has 146 valence electrons. The summed E-state index contributed by atoms with van der Waals surface area (Å²) < 4.78 is 16.7. The van der Waals surface area contributed by atoms with Crippen LogP contribution in [-0.4, -0.2) is 16.9 Å². The van der Waals surface area contributed by atoms with Crippen LogP contribution in [0.5, 0.6) is 17.2 Å². The zero-order valence-corrected chi connectivity index (χ0v) is 16.6. The first-order valence-corrected chi connectivity index (χ1v) is 10.0. The van der Waals surface area contributed by atoms with Crippen molar-refractivity contribution in [1.29, 1.82) is 0 Å². The number of hydrogen-bond acceptors (Lipinski definition) is 7. The van der Waals surface area contributed by atoms with Gasteiger partial charge in [-0.3, -0.25) is 0 Å². The molecule has 0 aliphatic carbocycles. The lowest BCUT2D eigenvalue weighted by atomic mass is 10.1. The molecular formula is C20H19ClN2O4S. The molecule has 0 atom stereocenters. The number of aliphatic hydroxyl groups is 1. The van der Waals surface area contributed by atoms with Crippen LogP contribution in [0.3, 0.4) is 0 Å². The lowest BCUT2D eigenvalue weighted by Crippen LogP contribution is -2.13. The minimum absolute atomic E-state index is 0.0630. The van der Waals surface area contributed by atoms with Crippen LogP contribution < -0.4 is 19.5 Å². The summed E-state index contributed by atoms with van der Waals surface area (Å²) in [4.78, 5) is 4.30. The van der Waals surface area contributed by atoms with E-state index in [-0.39, 0.29) is 13.4 Å². The number of fused-ring (bicyclic) bond motifs is 1. The molecule has 0 saturated carbocycles. The standard InChI is InChI=1S/C20H19ClN2O4S/c21-15-2-4-17(25-10-20-23-16(9-24)11-28-20)14(6-15)8-22-7-13-1-3-18-19(5-13)27-12-26-18/h1-6,11,22,24H,7-10,12H2. The highest BCUT2D eigenvalue weighted by atomic mass is 35.5. The molecule has 0 spiro atoms. The highest BCUT2D eigenvalue weighted by Crippen LogP contribution is 2.32. The van der Waals surface area contributed by atoms with Gasteiger partial charge >= 0.3 is 0 Å². The Kier molecular flexibility index (Phi) is 5.97. The number of nitrogens with zero attached hydrogens (tertiary/aromatic N) is 1. The van der Waals surface area contributed by atoms with Crippen molar-refractivity contribution in [2.45, 2.75) is 26.3 Å². The van der Waals surface area contributed by atoms with Gasteiger partial charge in [-0.1, -0.05) is 17.7 Å². The van der Waals surface area contributed by atoms with Crippen LogP contribution in [0.1, 0.15) is 21.8 Å². The molecular weight excluding hydrogens is 400 g/mol. The van der Waals surface area contributed by atoms with Gasteiger partial charge in [0.15, 0.2) is 11.5 Å². The SMILES string of the molecule is OCc1csc(COc2ccc(Cl)cc2CNCc2ccc3c(c2)OCO3)n1. The lowest BCUT2D eigenvalue weighted by molar-refractivity contribution is 0.174. The van der Waals surface area contributed by atoms with Crippen LogP contribution in [0.4, 0.5) is 0 Å². The van der Waals surface area contributed by atoms with Crippen LogP contribution in [0.25, 0.3) is 0 Å². The number of thiazole rings is 1. The molecule has 0 fully saturated rings. The van der Waals surface area contributed by atoms with Crippen molar-refractivity contribution in [3.05, 3.63) is 68.6 Å². The first-order chi connectivity index (χ1) is 13.7. The average molecular weight is 419 g/mol. The fourth-order valence-electron chi connectivity index (χ4n) is 2.85. The smallest absolute Gasteiger partial charge is 0.231 e. The predicted octanol–water partition coefficient (Wildman–Crippen LogP) is 3.89. The summed E-state index contributed by atoms with van der Waals surface area (Å²) >= 11 is 7.63. The zero-order chi connectivity index (χ0) is 19.3. The Labute approximate surface area is 171 Å². The Morgan fingerprint density at radius 3 is 2.89 bits per heavy atom. The Hall–Kier alpha value is -2.32. The number of ether oxygens (including phenoxy) is 3. The van der Waals surface area contributed by atoms with Crippen molar-refractivity contribution in [2.24, 2.45) is 0 Å². The van der Waals surface area contributed by atoms with Crippen molar-refractivity contribution in [2.75, 3.05) is 6.79 Å². The third-order valence-corrected chi connectivity index (χ3v) is 5.32. The molecule has 3 aromatic rings. The first-order valence-electron chi connectivity index (χ1n) is 8.76. The summed E-state index contributed by atoms with van der Waals surface area (Å²) in [5.41, 5.74) is 2.73. The lowest BCUT2D eigenvalue weighted by Gasteiger charge is -2.12. The fraction of sp³-hybridized carbons (Fsp3) is 0.250. The summed E-state index contributed by atoms with van der Waals surface area (Å²) in [5.74, 6) is 2.31. The first kappa shape index (κ1) is 19.0. The summed E-state index contributed by atoms with van der Waals surface area (Å²) in [7, 11) is 0. The van der Waals surface area contributed by atoms with Gasteiger partial charge in [0.1, 0.15) is 17.4 Å². The molecule has 0 bridgehead atoms. The molecule has 0 amide bonds. The van der Waals surface area contributed by atoms with Gasteiger partial charge in [0.25, 0.3) is 0 Å². The molecule has 1 aliphatic rings. The Bertz CT molecular complexity index is 963. The van der Waals surface area contributed by atoms with E-state index in [1.54, 1.807) is 6.07 Å².